The monoisotopic (exact) mass is 387 g/mol. The van der Waals surface area contributed by atoms with Crippen molar-refractivity contribution >= 4 is 37.8 Å². The molecule has 1 atom stereocenters. The van der Waals surface area contributed by atoms with Crippen molar-refractivity contribution in [2.75, 3.05) is 6.54 Å². The number of hydrogen-bond donors (Lipinski definition) is 0. The summed E-state index contributed by atoms with van der Waals surface area (Å²) in [7, 11) is 0. The van der Waals surface area contributed by atoms with Crippen molar-refractivity contribution in [1.29, 1.82) is 0 Å². The Hall–Kier alpha value is -0.350. The van der Waals surface area contributed by atoms with Gasteiger partial charge in [-0.25, -0.2) is 0 Å². The molecular weight excluding hydrogens is 370 g/mol. The van der Waals surface area contributed by atoms with E-state index in [1.54, 1.807) is 0 Å². The highest BCUT2D eigenvalue weighted by Crippen LogP contribution is 2.27. The molecule has 104 valence electrons. The summed E-state index contributed by atoms with van der Waals surface area (Å²) in [5, 5.41) is 0. The molecular formula is C15H19Br2NO. The van der Waals surface area contributed by atoms with Crippen LogP contribution in [0.3, 0.4) is 0 Å². The first-order valence-corrected chi connectivity index (χ1v) is 8.48. The Kier molecular flexibility index (Phi) is 5.46. The Balaban J connectivity index is 2.21. The molecule has 19 heavy (non-hydrogen) atoms. The van der Waals surface area contributed by atoms with Gasteiger partial charge in [-0.3, -0.25) is 4.79 Å². The van der Waals surface area contributed by atoms with E-state index in [1.165, 1.54) is 6.42 Å². The summed E-state index contributed by atoms with van der Waals surface area (Å²) in [6.07, 6.45) is 5.76. The van der Waals surface area contributed by atoms with Crippen LogP contribution in [0.15, 0.2) is 27.1 Å². The maximum Gasteiger partial charge on any atom is 0.255 e. The third-order valence-corrected chi connectivity index (χ3v) is 4.82. The number of benzene rings is 1. The standard InChI is InChI=1S/C15H19Br2NO/c1-2-5-12-6-3-4-9-18(12)15(19)13-8-7-11(16)10-14(13)17/h7-8,10,12H,2-6,9H2,1H3. The fraction of sp³-hybridized carbons (Fsp3) is 0.533. The molecule has 1 heterocycles. The number of amides is 1. The SMILES string of the molecule is CCCC1CCCCN1C(=O)c1ccc(Br)cc1Br. The Bertz CT molecular complexity index is 459. The predicted molar refractivity (Wildman–Crippen MR) is 85.4 cm³/mol. The third kappa shape index (κ3) is 3.60. The minimum Gasteiger partial charge on any atom is -0.336 e. The van der Waals surface area contributed by atoms with Crippen LogP contribution in [0.25, 0.3) is 0 Å². The van der Waals surface area contributed by atoms with Gasteiger partial charge >= 0.3 is 0 Å². The highest BCUT2D eigenvalue weighted by atomic mass is 79.9. The van der Waals surface area contributed by atoms with Crippen LogP contribution < -0.4 is 0 Å². The molecule has 0 spiro atoms. The quantitative estimate of drug-likeness (QED) is 0.712. The fourth-order valence-electron chi connectivity index (χ4n) is 2.72. The van der Waals surface area contributed by atoms with Gasteiger partial charge in [0.05, 0.1) is 5.56 Å². The molecule has 1 unspecified atom stereocenters. The summed E-state index contributed by atoms with van der Waals surface area (Å²) < 4.78 is 1.85. The molecule has 2 nitrogen and oxygen atoms in total. The highest BCUT2D eigenvalue weighted by molar-refractivity contribution is 9.11. The van der Waals surface area contributed by atoms with Crippen LogP contribution >= 0.6 is 31.9 Å². The summed E-state index contributed by atoms with van der Waals surface area (Å²) in [5.74, 6) is 0.164. The van der Waals surface area contributed by atoms with Crippen LogP contribution in [-0.4, -0.2) is 23.4 Å². The molecule has 0 bridgehead atoms. The summed E-state index contributed by atoms with van der Waals surface area (Å²) in [6, 6.07) is 6.18. The maximum atomic E-state index is 12.7. The van der Waals surface area contributed by atoms with E-state index < -0.39 is 0 Å². The Labute approximate surface area is 131 Å². The minimum absolute atomic E-state index is 0.164. The molecule has 1 aliphatic rings. The van der Waals surface area contributed by atoms with E-state index in [-0.39, 0.29) is 5.91 Å². The number of carbonyl (C=O) groups excluding carboxylic acids is 1. The lowest BCUT2D eigenvalue weighted by molar-refractivity contribution is 0.0599. The van der Waals surface area contributed by atoms with Gasteiger partial charge in [-0.2, -0.15) is 0 Å². The second-order valence-corrected chi connectivity index (χ2v) is 6.83. The van der Waals surface area contributed by atoms with E-state index in [1.807, 2.05) is 18.2 Å². The topological polar surface area (TPSA) is 20.3 Å². The van der Waals surface area contributed by atoms with E-state index in [2.05, 4.69) is 43.7 Å². The van der Waals surface area contributed by atoms with Crippen LogP contribution in [0, 0.1) is 0 Å². The summed E-state index contributed by atoms with van der Waals surface area (Å²) in [6.45, 7) is 3.08. The number of likely N-dealkylation sites (tertiary alicyclic amines) is 1. The fourth-order valence-corrected chi connectivity index (χ4v) is 3.94. The number of halogens is 2. The van der Waals surface area contributed by atoms with Gasteiger partial charge in [-0.05, 0) is 59.8 Å². The van der Waals surface area contributed by atoms with Gasteiger partial charge in [-0.1, -0.05) is 29.3 Å². The van der Waals surface area contributed by atoms with Gasteiger partial charge in [-0.15, -0.1) is 0 Å². The number of carbonyl (C=O) groups is 1. The van der Waals surface area contributed by atoms with Gasteiger partial charge in [0.25, 0.3) is 5.91 Å². The Morgan fingerprint density at radius 3 is 2.84 bits per heavy atom. The van der Waals surface area contributed by atoms with E-state index in [0.29, 0.717) is 6.04 Å². The molecule has 1 amide bonds. The predicted octanol–water partition coefficient (Wildman–Crippen LogP) is 5.01. The van der Waals surface area contributed by atoms with Gasteiger partial charge in [0.2, 0.25) is 0 Å². The second kappa shape index (κ2) is 6.89. The van der Waals surface area contributed by atoms with Crippen molar-refractivity contribution in [3.63, 3.8) is 0 Å². The summed E-state index contributed by atoms with van der Waals surface area (Å²) in [5.41, 5.74) is 0.770. The van der Waals surface area contributed by atoms with Crippen LogP contribution in [0.2, 0.25) is 0 Å². The number of hydrogen-bond acceptors (Lipinski definition) is 1. The average molecular weight is 389 g/mol. The molecule has 4 heteroatoms. The van der Waals surface area contributed by atoms with Gasteiger partial charge in [0.1, 0.15) is 0 Å². The van der Waals surface area contributed by atoms with Crippen molar-refractivity contribution in [2.45, 2.75) is 45.1 Å². The largest absolute Gasteiger partial charge is 0.336 e. The van der Waals surface area contributed by atoms with E-state index in [9.17, 15) is 4.79 Å². The molecule has 2 rings (SSSR count). The van der Waals surface area contributed by atoms with Gasteiger partial charge in [0, 0.05) is 21.5 Å². The first kappa shape index (κ1) is 15.0. The van der Waals surface area contributed by atoms with Crippen LogP contribution in [-0.2, 0) is 0 Å². The summed E-state index contributed by atoms with van der Waals surface area (Å²) in [4.78, 5) is 14.8. The molecule has 1 fully saturated rings. The first-order chi connectivity index (χ1) is 9.13. The molecule has 1 saturated heterocycles. The van der Waals surface area contributed by atoms with E-state index in [0.717, 1.165) is 46.7 Å². The van der Waals surface area contributed by atoms with Crippen LogP contribution in [0.1, 0.15) is 49.4 Å². The van der Waals surface area contributed by atoms with Gasteiger partial charge in [0.15, 0.2) is 0 Å². The molecule has 1 aromatic rings. The molecule has 0 aliphatic carbocycles. The normalized spacial score (nSPS) is 19.5. The molecule has 0 saturated carbocycles. The molecule has 0 aromatic heterocycles. The van der Waals surface area contributed by atoms with Crippen molar-refractivity contribution < 1.29 is 4.79 Å². The molecule has 1 aromatic carbocycles. The van der Waals surface area contributed by atoms with Crippen molar-refractivity contribution in [1.82, 2.24) is 4.90 Å². The van der Waals surface area contributed by atoms with Crippen molar-refractivity contribution in [3.8, 4) is 0 Å². The lowest BCUT2D eigenvalue weighted by Gasteiger charge is -2.36. The number of rotatable bonds is 3. The summed E-state index contributed by atoms with van der Waals surface area (Å²) >= 11 is 6.92. The Morgan fingerprint density at radius 1 is 1.37 bits per heavy atom. The average Bonchev–Trinajstić information content (AvgIpc) is 2.39. The molecule has 0 N–H and O–H groups in total. The third-order valence-electron chi connectivity index (χ3n) is 3.67. The number of nitrogens with zero attached hydrogens (tertiary/aromatic N) is 1. The van der Waals surface area contributed by atoms with Gasteiger partial charge < -0.3 is 4.90 Å². The zero-order valence-corrected chi connectivity index (χ0v) is 14.3. The van der Waals surface area contributed by atoms with E-state index >= 15 is 0 Å². The van der Waals surface area contributed by atoms with Crippen molar-refractivity contribution in [2.24, 2.45) is 0 Å². The second-order valence-electron chi connectivity index (χ2n) is 5.06. The zero-order chi connectivity index (χ0) is 13.8. The minimum atomic E-state index is 0.164. The maximum absolute atomic E-state index is 12.7. The van der Waals surface area contributed by atoms with Crippen molar-refractivity contribution in [3.05, 3.63) is 32.7 Å². The zero-order valence-electron chi connectivity index (χ0n) is 11.2. The smallest absolute Gasteiger partial charge is 0.255 e. The lowest BCUT2D eigenvalue weighted by Crippen LogP contribution is -2.43. The first-order valence-electron chi connectivity index (χ1n) is 6.89. The highest BCUT2D eigenvalue weighted by Gasteiger charge is 2.27. The number of piperidine rings is 1. The molecule has 0 radical (unpaired) electrons. The van der Waals surface area contributed by atoms with Crippen LogP contribution in [0.4, 0.5) is 0 Å². The Morgan fingerprint density at radius 2 is 2.16 bits per heavy atom. The van der Waals surface area contributed by atoms with E-state index in [4.69, 9.17) is 0 Å². The lowest BCUT2D eigenvalue weighted by atomic mass is 9.97. The van der Waals surface area contributed by atoms with Crippen LogP contribution in [0.5, 0.6) is 0 Å². The molecule has 1 aliphatic heterocycles.